The van der Waals surface area contributed by atoms with E-state index in [0.717, 1.165) is 28.9 Å². The van der Waals surface area contributed by atoms with E-state index in [1.54, 1.807) is 6.20 Å². The predicted molar refractivity (Wildman–Crippen MR) is 70.9 cm³/mol. The smallest absolute Gasteiger partial charge is 0.213 e. The van der Waals surface area contributed by atoms with Crippen LogP contribution in [0.1, 0.15) is 44.6 Å². The monoisotopic (exact) mass is 285 g/mol. The zero-order chi connectivity index (χ0) is 11.8. The van der Waals surface area contributed by atoms with Gasteiger partial charge < -0.3 is 4.74 Å². The molecule has 0 saturated heterocycles. The van der Waals surface area contributed by atoms with E-state index < -0.39 is 0 Å². The van der Waals surface area contributed by atoms with Crippen LogP contribution in [0.4, 0.5) is 0 Å². The van der Waals surface area contributed by atoms with Crippen LogP contribution in [0.2, 0.25) is 0 Å². The molecule has 1 rings (SSSR count). The lowest BCUT2D eigenvalue weighted by Gasteiger charge is -2.06. The van der Waals surface area contributed by atoms with Gasteiger partial charge in [0.25, 0.3) is 0 Å². The molecule has 90 valence electrons. The Morgan fingerprint density at radius 2 is 2.00 bits per heavy atom. The second-order valence-electron chi connectivity index (χ2n) is 4.03. The van der Waals surface area contributed by atoms with Gasteiger partial charge in [-0.15, -0.1) is 0 Å². The highest BCUT2D eigenvalue weighted by Gasteiger charge is 1.99. The molecule has 0 aliphatic rings. The fraction of sp³-hybridized carbons (Fsp3) is 0.615. The highest BCUT2D eigenvalue weighted by atomic mass is 79.9. The summed E-state index contributed by atoms with van der Waals surface area (Å²) < 4.78 is 6.62. The van der Waals surface area contributed by atoms with Gasteiger partial charge in [-0.25, -0.2) is 4.98 Å². The van der Waals surface area contributed by atoms with Gasteiger partial charge >= 0.3 is 0 Å². The standard InChI is InChI=1S/C13H20BrNO/c1-3-4-5-6-7-8-16-13-9-11(2)12(14)10-15-13/h9-10H,3-8H2,1-2H3. The van der Waals surface area contributed by atoms with Crippen molar-refractivity contribution in [1.82, 2.24) is 4.98 Å². The van der Waals surface area contributed by atoms with Crippen LogP contribution in [0.15, 0.2) is 16.7 Å². The first kappa shape index (κ1) is 13.5. The first-order valence-electron chi connectivity index (χ1n) is 5.99. The molecule has 0 aliphatic carbocycles. The van der Waals surface area contributed by atoms with Crippen LogP contribution in [0, 0.1) is 6.92 Å². The molecule has 0 aromatic carbocycles. The van der Waals surface area contributed by atoms with Gasteiger partial charge in [-0.3, -0.25) is 0 Å². The van der Waals surface area contributed by atoms with E-state index in [0.29, 0.717) is 0 Å². The van der Waals surface area contributed by atoms with Crippen LogP contribution in [0.5, 0.6) is 5.88 Å². The normalized spacial score (nSPS) is 10.4. The largest absolute Gasteiger partial charge is 0.478 e. The Labute approximate surface area is 107 Å². The van der Waals surface area contributed by atoms with Crippen molar-refractivity contribution in [2.45, 2.75) is 46.0 Å². The molecule has 0 fully saturated rings. The van der Waals surface area contributed by atoms with Gasteiger partial charge in [0.05, 0.1) is 6.61 Å². The zero-order valence-corrected chi connectivity index (χ0v) is 11.7. The van der Waals surface area contributed by atoms with Crippen LogP contribution >= 0.6 is 15.9 Å². The molecule has 0 N–H and O–H groups in total. The molecular weight excluding hydrogens is 266 g/mol. The molecule has 0 radical (unpaired) electrons. The summed E-state index contributed by atoms with van der Waals surface area (Å²) >= 11 is 3.42. The van der Waals surface area contributed by atoms with Crippen molar-refractivity contribution in [2.24, 2.45) is 0 Å². The molecule has 0 bridgehead atoms. The maximum Gasteiger partial charge on any atom is 0.213 e. The second-order valence-corrected chi connectivity index (χ2v) is 4.89. The molecule has 0 aliphatic heterocycles. The van der Waals surface area contributed by atoms with Crippen molar-refractivity contribution >= 4 is 15.9 Å². The minimum absolute atomic E-state index is 0.733. The Balaban J connectivity index is 2.19. The minimum atomic E-state index is 0.733. The molecule has 1 aromatic rings. The van der Waals surface area contributed by atoms with Crippen LogP contribution in [-0.4, -0.2) is 11.6 Å². The van der Waals surface area contributed by atoms with Gasteiger partial charge in [-0.1, -0.05) is 32.6 Å². The number of hydrogen-bond donors (Lipinski definition) is 0. The summed E-state index contributed by atoms with van der Waals surface area (Å²) in [7, 11) is 0. The lowest BCUT2D eigenvalue weighted by molar-refractivity contribution is 0.293. The third-order valence-corrected chi connectivity index (χ3v) is 3.35. The van der Waals surface area contributed by atoms with E-state index >= 15 is 0 Å². The summed E-state index contributed by atoms with van der Waals surface area (Å²) in [4.78, 5) is 4.20. The number of nitrogens with zero attached hydrogens (tertiary/aromatic N) is 1. The average molecular weight is 286 g/mol. The van der Waals surface area contributed by atoms with Crippen molar-refractivity contribution in [1.29, 1.82) is 0 Å². The number of pyridine rings is 1. The zero-order valence-electron chi connectivity index (χ0n) is 10.1. The number of hydrogen-bond acceptors (Lipinski definition) is 2. The van der Waals surface area contributed by atoms with Gasteiger partial charge in [-0.2, -0.15) is 0 Å². The van der Waals surface area contributed by atoms with E-state index in [9.17, 15) is 0 Å². The Morgan fingerprint density at radius 1 is 1.25 bits per heavy atom. The van der Waals surface area contributed by atoms with Crippen molar-refractivity contribution in [3.05, 3.63) is 22.3 Å². The minimum Gasteiger partial charge on any atom is -0.478 e. The quantitative estimate of drug-likeness (QED) is 0.688. The van der Waals surface area contributed by atoms with Crippen LogP contribution < -0.4 is 4.74 Å². The van der Waals surface area contributed by atoms with Crippen molar-refractivity contribution in [2.75, 3.05) is 6.61 Å². The van der Waals surface area contributed by atoms with E-state index in [2.05, 4.69) is 27.8 Å². The van der Waals surface area contributed by atoms with Gasteiger partial charge in [0.15, 0.2) is 0 Å². The fourth-order valence-corrected chi connectivity index (χ4v) is 1.69. The number of aryl methyl sites for hydroxylation is 1. The van der Waals surface area contributed by atoms with E-state index in [-0.39, 0.29) is 0 Å². The predicted octanol–water partition coefficient (Wildman–Crippen LogP) is 4.50. The summed E-state index contributed by atoms with van der Waals surface area (Å²) in [6.45, 7) is 5.04. The van der Waals surface area contributed by atoms with Crippen LogP contribution in [0.3, 0.4) is 0 Å². The van der Waals surface area contributed by atoms with Gasteiger partial charge in [-0.05, 0) is 34.8 Å². The average Bonchev–Trinajstić information content (AvgIpc) is 2.28. The Kier molecular flexibility index (Phi) is 6.46. The highest BCUT2D eigenvalue weighted by Crippen LogP contribution is 2.18. The molecule has 0 atom stereocenters. The number of rotatable bonds is 7. The topological polar surface area (TPSA) is 22.1 Å². The van der Waals surface area contributed by atoms with Crippen molar-refractivity contribution in [3.8, 4) is 5.88 Å². The Hall–Kier alpha value is -0.570. The van der Waals surface area contributed by atoms with Gasteiger partial charge in [0.1, 0.15) is 0 Å². The van der Waals surface area contributed by atoms with Crippen LogP contribution in [-0.2, 0) is 0 Å². The lowest BCUT2D eigenvalue weighted by atomic mass is 10.2. The molecule has 2 nitrogen and oxygen atoms in total. The summed E-state index contributed by atoms with van der Waals surface area (Å²) in [6, 6.07) is 1.97. The molecule has 3 heteroatoms. The number of halogens is 1. The van der Waals surface area contributed by atoms with E-state index in [1.165, 1.54) is 25.7 Å². The summed E-state index contributed by atoms with van der Waals surface area (Å²) in [6.07, 6.45) is 8.10. The second kappa shape index (κ2) is 7.66. The Bertz CT molecular complexity index is 315. The third-order valence-electron chi connectivity index (χ3n) is 2.52. The van der Waals surface area contributed by atoms with Gasteiger partial charge in [0, 0.05) is 16.7 Å². The molecule has 0 unspecified atom stereocenters. The maximum absolute atomic E-state index is 5.59. The third kappa shape index (κ3) is 4.97. The fourth-order valence-electron chi connectivity index (χ4n) is 1.47. The maximum atomic E-state index is 5.59. The molecule has 1 aromatic heterocycles. The first-order chi connectivity index (χ1) is 7.74. The highest BCUT2D eigenvalue weighted by molar-refractivity contribution is 9.10. The molecular formula is C13H20BrNO. The van der Waals surface area contributed by atoms with Crippen molar-refractivity contribution < 1.29 is 4.74 Å². The SMILES string of the molecule is CCCCCCCOc1cc(C)c(Br)cn1. The van der Waals surface area contributed by atoms with E-state index in [1.807, 2.05) is 13.0 Å². The molecule has 1 heterocycles. The molecule has 0 amide bonds. The number of unbranched alkanes of at least 4 members (excludes halogenated alkanes) is 4. The summed E-state index contributed by atoms with van der Waals surface area (Å²) in [5, 5.41) is 0. The molecule has 0 saturated carbocycles. The molecule has 0 spiro atoms. The lowest BCUT2D eigenvalue weighted by Crippen LogP contribution is -1.99. The number of ether oxygens (including phenoxy) is 1. The number of aromatic nitrogens is 1. The Morgan fingerprint density at radius 3 is 2.69 bits per heavy atom. The molecule has 16 heavy (non-hydrogen) atoms. The first-order valence-corrected chi connectivity index (χ1v) is 6.78. The summed E-state index contributed by atoms with van der Waals surface area (Å²) in [5.74, 6) is 0.733. The van der Waals surface area contributed by atoms with Crippen LogP contribution in [0.25, 0.3) is 0 Å². The summed E-state index contributed by atoms with van der Waals surface area (Å²) in [5.41, 5.74) is 1.16. The van der Waals surface area contributed by atoms with E-state index in [4.69, 9.17) is 4.74 Å². The van der Waals surface area contributed by atoms with Gasteiger partial charge in [0.2, 0.25) is 5.88 Å². The van der Waals surface area contributed by atoms with Crippen molar-refractivity contribution in [3.63, 3.8) is 0 Å².